The lowest BCUT2D eigenvalue weighted by molar-refractivity contribution is 0.102. The lowest BCUT2D eigenvalue weighted by Gasteiger charge is -1.98. The molecule has 19 heavy (non-hydrogen) atoms. The minimum absolute atomic E-state index is 0.0847. The highest BCUT2D eigenvalue weighted by atomic mass is 32.2. The Labute approximate surface area is 114 Å². The fourth-order valence-electron chi connectivity index (χ4n) is 1.91. The number of para-hydroxylation sites is 1. The lowest BCUT2D eigenvalue weighted by Crippen LogP contribution is -2.01. The zero-order valence-corrected chi connectivity index (χ0v) is 11.0. The molecule has 0 aliphatic carbocycles. The van der Waals surface area contributed by atoms with E-state index >= 15 is 0 Å². The second-order valence-corrected chi connectivity index (χ2v) is 5.13. The first-order valence-corrected chi connectivity index (χ1v) is 7.09. The van der Waals surface area contributed by atoms with Gasteiger partial charge in [0.2, 0.25) is 0 Å². The largest absolute Gasteiger partial charge is 0.468 e. The van der Waals surface area contributed by atoms with E-state index in [2.05, 4.69) is 0 Å². The molecule has 3 nitrogen and oxygen atoms in total. The molecule has 4 heteroatoms. The lowest BCUT2D eigenvalue weighted by atomic mass is 10.1. The predicted octanol–water partition coefficient (Wildman–Crippen LogP) is 4.14. The van der Waals surface area contributed by atoms with Crippen LogP contribution in [0.15, 0.2) is 57.8 Å². The molecular formula is C15H12O3S. The van der Waals surface area contributed by atoms with E-state index in [1.165, 1.54) is 0 Å². The zero-order valence-electron chi connectivity index (χ0n) is 10.2. The van der Waals surface area contributed by atoms with Crippen LogP contribution in [0.2, 0.25) is 0 Å². The van der Waals surface area contributed by atoms with Crippen molar-refractivity contribution in [2.45, 2.75) is 5.75 Å². The van der Waals surface area contributed by atoms with Crippen LogP contribution in [0.25, 0.3) is 11.0 Å². The molecule has 0 N–H and O–H groups in total. The second-order valence-electron chi connectivity index (χ2n) is 4.14. The normalized spacial score (nSPS) is 10.9. The number of hydrogen-bond donors (Lipinski definition) is 0. The van der Waals surface area contributed by atoms with Gasteiger partial charge in [0.15, 0.2) is 5.78 Å². The van der Waals surface area contributed by atoms with Gasteiger partial charge in [0, 0.05) is 5.39 Å². The molecule has 0 saturated heterocycles. The first-order valence-electron chi connectivity index (χ1n) is 5.94. The van der Waals surface area contributed by atoms with Gasteiger partial charge in [-0.25, -0.2) is 0 Å². The summed E-state index contributed by atoms with van der Waals surface area (Å²) >= 11 is 1.54. The first-order chi connectivity index (χ1) is 9.34. The number of rotatable bonds is 5. The molecule has 0 aliphatic rings. The standard InChI is InChI=1S/C15H12O3S/c16-14(10-19-9-11-4-3-7-17-11)13-8-18-15-6-2-1-5-12(13)15/h1-8H,9-10H2. The van der Waals surface area contributed by atoms with Crippen LogP contribution in [0.1, 0.15) is 16.1 Å². The minimum Gasteiger partial charge on any atom is -0.468 e. The molecule has 0 spiro atoms. The number of ketones is 1. The molecule has 0 bridgehead atoms. The van der Waals surface area contributed by atoms with Crippen LogP contribution >= 0.6 is 11.8 Å². The highest BCUT2D eigenvalue weighted by Gasteiger charge is 2.13. The van der Waals surface area contributed by atoms with Crippen LogP contribution in [0.4, 0.5) is 0 Å². The quantitative estimate of drug-likeness (QED) is 0.655. The summed E-state index contributed by atoms with van der Waals surface area (Å²) in [4.78, 5) is 12.1. The van der Waals surface area contributed by atoms with Gasteiger partial charge in [-0.15, -0.1) is 11.8 Å². The third-order valence-electron chi connectivity index (χ3n) is 2.84. The number of furan rings is 2. The number of Topliss-reactive ketones (excluding diaryl/α,β-unsaturated/α-hetero) is 1. The molecule has 2 heterocycles. The Morgan fingerprint density at radius 2 is 2.00 bits per heavy atom. The molecule has 1 aromatic carbocycles. The van der Waals surface area contributed by atoms with Gasteiger partial charge in [-0.1, -0.05) is 18.2 Å². The molecule has 0 aliphatic heterocycles. The molecular weight excluding hydrogens is 260 g/mol. The van der Waals surface area contributed by atoms with Gasteiger partial charge in [0.1, 0.15) is 17.6 Å². The van der Waals surface area contributed by atoms with Crippen molar-refractivity contribution in [1.29, 1.82) is 0 Å². The molecule has 3 aromatic rings. The summed E-state index contributed by atoms with van der Waals surface area (Å²) < 4.78 is 10.6. The SMILES string of the molecule is O=C(CSCc1ccco1)c1coc2ccccc12. The Hall–Kier alpha value is -1.94. The average Bonchev–Trinajstić information content (AvgIpc) is 3.07. The van der Waals surface area contributed by atoms with E-state index < -0.39 is 0 Å². The van der Waals surface area contributed by atoms with Gasteiger partial charge in [0.25, 0.3) is 0 Å². The van der Waals surface area contributed by atoms with Crippen LogP contribution < -0.4 is 0 Å². The Bertz CT molecular complexity index is 682. The van der Waals surface area contributed by atoms with Crippen molar-refractivity contribution >= 4 is 28.5 Å². The summed E-state index contributed by atoms with van der Waals surface area (Å²) in [5, 5.41) is 0.881. The van der Waals surface area contributed by atoms with Crippen LogP contribution in [-0.2, 0) is 5.75 Å². The molecule has 0 unspecified atom stereocenters. The molecule has 3 rings (SSSR count). The van der Waals surface area contributed by atoms with Gasteiger partial charge < -0.3 is 8.83 Å². The zero-order chi connectivity index (χ0) is 13.1. The Balaban J connectivity index is 1.67. The smallest absolute Gasteiger partial charge is 0.176 e. The van der Waals surface area contributed by atoms with Crippen LogP contribution in [-0.4, -0.2) is 11.5 Å². The van der Waals surface area contributed by atoms with Gasteiger partial charge in [-0.05, 0) is 18.2 Å². The summed E-state index contributed by atoms with van der Waals surface area (Å²) in [7, 11) is 0. The van der Waals surface area contributed by atoms with E-state index in [0.29, 0.717) is 17.1 Å². The summed E-state index contributed by atoms with van der Waals surface area (Å²) in [6.07, 6.45) is 3.18. The number of hydrogen-bond acceptors (Lipinski definition) is 4. The Kier molecular flexibility index (Phi) is 3.42. The van der Waals surface area contributed by atoms with E-state index in [-0.39, 0.29) is 5.78 Å². The minimum atomic E-state index is 0.0847. The monoisotopic (exact) mass is 272 g/mol. The van der Waals surface area contributed by atoms with Crippen LogP contribution in [0.5, 0.6) is 0 Å². The third kappa shape index (κ3) is 2.58. The van der Waals surface area contributed by atoms with Crippen molar-refractivity contribution in [3.8, 4) is 0 Å². The maximum absolute atomic E-state index is 12.1. The van der Waals surface area contributed by atoms with Crippen molar-refractivity contribution in [3.63, 3.8) is 0 Å². The number of benzene rings is 1. The Morgan fingerprint density at radius 3 is 2.84 bits per heavy atom. The van der Waals surface area contributed by atoms with Gasteiger partial charge >= 0.3 is 0 Å². The number of thioether (sulfide) groups is 1. The van der Waals surface area contributed by atoms with Crippen molar-refractivity contribution in [1.82, 2.24) is 0 Å². The molecule has 96 valence electrons. The van der Waals surface area contributed by atoms with Gasteiger partial charge in [0.05, 0.1) is 23.3 Å². The summed E-state index contributed by atoms with van der Waals surface area (Å²) in [5.74, 6) is 2.09. The highest BCUT2D eigenvalue weighted by molar-refractivity contribution is 7.99. The summed E-state index contributed by atoms with van der Waals surface area (Å²) in [5.41, 5.74) is 1.41. The number of fused-ring (bicyclic) bond motifs is 1. The maximum Gasteiger partial charge on any atom is 0.176 e. The maximum atomic E-state index is 12.1. The van der Waals surface area contributed by atoms with Crippen LogP contribution in [0, 0.1) is 0 Å². The second kappa shape index (κ2) is 5.36. The molecule has 0 radical (unpaired) electrons. The van der Waals surface area contributed by atoms with E-state index in [1.54, 1.807) is 24.3 Å². The average molecular weight is 272 g/mol. The van der Waals surface area contributed by atoms with Gasteiger partial charge in [-0.2, -0.15) is 0 Å². The highest BCUT2D eigenvalue weighted by Crippen LogP contribution is 2.23. The summed E-state index contributed by atoms with van der Waals surface area (Å²) in [6.45, 7) is 0. The van der Waals surface area contributed by atoms with Crippen molar-refractivity contribution in [3.05, 3.63) is 60.2 Å². The van der Waals surface area contributed by atoms with Gasteiger partial charge in [-0.3, -0.25) is 4.79 Å². The fraction of sp³-hybridized carbons (Fsp3) is 0.133. The fourth-order valence-corrected chi connectivity index (χ4v) is 2.72. The van der Waals surface area contributed by atoms with Crippen molar-refractivity contribution in [2.75, 3.05) is 5.75 Å². The molecule has 0 saturated carbocycles. The Morgan fingerprint density at radius 1 is 1.11 bits per heavy atom. The van der Waals surface area contributed by atoms with Crippen molar-refractivity contribution in [2.24, 2.45) is 0 Å². The molecule has 2 aromatic heterocycles. The number of carbonyl (C=O) groups excluding carboxylic acids is 1. The molecule has 0 amide bonds. The predicted molar refractivity (Wildman–Crippen MR) is 75.4 cm³/mol. The van der Waals surface area contributed by atoms with E-state index in [4.69, 9.17) is 8.83 Å². The van der Waals surface area contributed by atoms with E-state index in [1.807, 2.05) is 36.4 Å². The van der Waals surface area contributed by atoms with E-state index in [0.717, 1.165) is 16.7 Å². The van der Waals surface area contributed by atoms with Crippen molar-refractivity contribution < 1.29 is 13.6 Å². The topological polar surface area (TPSA) is 43.4 Å². The third-order valence-corrected chi connectivity index (χ3v) is 3.79. The number of carbonyl (C=O) groups is 1. The van der Waals surface area contributed by atoms with Crippen LogP contribution in [0.3, 0.4) is 0 Å². The summed E-state index contributed by atoms with van der Waals surface area (Å²) in [6, 6.07) is 11.3. The molecule has 0 fully saturated rings. The first kappa shape index (κ1) is 12.1. The van der Waals surface area contributed by atoms with E-state index in [9.17, 15) is 4.79 Å². The molecule has 0 atom stereocenters.